The Morgan fingerprint density at radius 1 is 1.50 bits per heavy atom. The lowest BCUT2D eigenvalue weighted by Gasteiger charge is -2.03. The van der Waals surface area contributed by atoms with Gasteiger partial charge < -0.3 is 15.8 Å². The second-order valence-corrected chi connectivity index (χ2v) is 4.07. The molecule has 0 spiro atoms. The van der Waals surface area contributed by atoms with Gasteiger partial charge >= 0.3 is 0 Å². The Morgan fingerprint density at radius 3 is 2.93 bits per heavy atom. The van der Waals surface area contributed by atoms with Gasteiger partial charge in [-0.1, -0.05) is 12.1 Å². The number of nitrogens with two attached hydrogens (primary N) is 1. The first-order chi connectivity index (χ1) is 6.72. The van der Waals surface area contributed by atoms with Crippen LogP contribution < -0.4 is 5.73 Å². The molecule has 2 aromatic rings. The second-order valence-electron chi connectivity index (χ2n) is 3.22. The van der Waals surface area contributed by atoms with Crippen molar-refractivity contribution in [2.45, 2.75) is 6.04 Å². The first kappa shape index (κ1) is 9.71. The van der Waals surface area contributed by atoms with Gasteiger partial charge in [0, 0.05) is 15.6 Å². The van der Waals surface area contributed by atoms with E-state index in [1.165, 1.54) is 0 Å². The quantitative estimate of drug-likeness (QED) is 0.767. The van der Waals surface area contributed by atoms with E-state index in [1.807, 2.05) is 24.3 Å². The minimum atomic E-state index is -0.339. The molecule has 1 aromatic heterocycles. The summed E-state index contributed by atoms with van der Waals surface area (Å²) >= 11 is 3.45. The molecular weight excluding hydrogens is 244 g/mol. The van der Waals surface area contributed by atoms with Crippen molar-refractivity contribution in [3.63, 3.8) is 0 Å². The topological polar surface area (TPSA) is 62.0 Å². The molecule has 14 heavy (non-hydrogen) atoms. The van der Waals surface area contributed by atoms with E-state index in [9.17, 15) is 0 Å². The third kappa shape index (κ3) is 1.56. The summed E-state index contributed by atoms with van der Waals surface area (Å²) in [6.07, 6.45) is 0. The summed E-state index contributed by atoms with van der Waals surface area (Å²) in [4.78, 5) is 3.18. The number of halogens is 1. The number of hydrogen-bond acceptors (Lipinski definition) is 2. The minimum absolute atomic E-state index is 0.0511. The van der Waals surface area contributed by atoms with Gasteiger partial charge in [0.15, 0.2) is 0 Å². The summed E-state index contributed by atoms with van der Waals surface area (Å²) in [5, 5.41) is 10.0. The molecule has 0 saturated heterocycles. The van der Waals surface area contributed by atoms with Gasteiger partial charge in [0.1, 0.15) is 0 Å². The maximum Gasteiger partial charge on any atom is 0.0683 e. The zero-order valence-electron chi connectivity index (χ0n) is 7.50. The fraction of sp³-hybridized carbons (Fsp3) is 0.200. The Labute approximate surface area is 90.1 Å². The number of nitrogens with one attached hydrogen (secondary N) is 1. The number of fused-ring (bicyclic) bond motifs is 1. The molecule has 0 aliphatic carbocycles. The highest BCUT2D eigenvalue weighted by atomic mass is 79.9. The smallest absolute Gasteiger partial charge is 0.0683 e. The predicted molar refractivity (Wildman–Crippen MR) is 60.0 cm³/mol. The molecule has 4 N–H and O–H groups in total. The summed E-state index contributed by atoms with van der Waals surface area (Å²) in [7, 11) is 0. The van der Waals surface area contributed by atoms with Crippen molar-refractivity contribution in [2.75, 3.05) is 6.61 Å². The predicted octanol–water partition coefficient (Wildman–Crippen LogP) is 1.92. The van der Waals surface area contributed by atoms with E-state index in [1.54, 1.807) is 0 Å². The number of aromatic nitrogens is 1. The number of rotatable bonds is 2. The standard InChI is InChI=1S/C10H11BrN2O/c11-7-3-1-2-6-4-9(8(12)5-14)13-10(6)7/h1-4,8,13-14H,5,12H2/t8-/m0/s1. The fourth-order valence-corrected chi connectivity index (χ4v) is 1.92. The molecule has 0 aliphatic heterocycles. The second kappa shape index (κ2) is 3.73. The van der Waals surface area contributed by atoms with Gasteiger partial charge in [0.05, 0.1) is 18.2 Å². The van der Waals surface area contributed by atoms with Gasteiger partial charge in [0.2, 0.25) is 0 Å². The molecule has 4 heteroatoms. The molecule has 0 amide bonds. The van der Waals surface area contributed by atoms with Crippen LogP contribution >= 0.6 is 15.9 Å². The van der Waals surface area contributed by atoms with Crippen molar-refractivity contribution < 1.29 is 5.11 Å². The van der Waals surface area contributed by atoms with Crippen LogP contribution in [0.2, 0.25) is 0 Å². The molecule has 0 unspecified atom stereocenters. The summed E-state index contributed by atoms with van der Waals surface area (Å²) in [5.74, 6) is 0. The van der Waals surface area contributed by atoms with Crippen LogP contribution in [0.3, 0.4) is 0 Å². The SMILES string of the molecule is N[C@@H](CO)c1cc2cccc(Br)c2[nH]1. The van der Waals surface area contributed by atoms with Crippen LogP contribution in [0.5, 0.6) is 0 Å². The lowest BCUT2D eigenvalue weighted by molar-refractivity contribution is 0.266. The Hall–Kier alpha value is -0.840. The van der Waals surface area contributed by atoms with Crippen LogP contribution in [0.15, 0.2) is 28.7 Å². The minimum Gasteiger partial charge on any atom is -0.394 e. The fourth-order valence-electron chi connectivity index (χ4n) is 1.44. The summed E-state index contributed by atoms with van der Waals surface area (Å²) in [5.41, 5.74) is 7.59. The Kier molecular flexibility index (Phi) is 2.58. The average Bonchev–Trinajstić information content (AvgIpc) is 2.62. The highest BCUT2D eigenvalue weighted by Crippen LogP contribution is 2.25. The van der Waals surface area contributed by atoms with E-state index >= 15 is 0 Å². The number of aliphatic hydroxyl groups is 1. The van der Waals surface area contributed by atoms with Crippen molar-refractivity contribution in [3.05, 3.63) is 34.4 Å². The maximum absolute atomic E-state index is 8.93. The number of benzene rings is 1. The maximum atomic E-state index is 8.93. The van der Waals surface area contributed by atoms with Gasteiger partial charge in [-0.25, -0.2) is 0 Å². The summed E-state index contributed by atoms with van der Waals surface area (Å²) in [6, 6.07) is 7.56. The molecule has 0 aliphatic rings. The third-order valence-corrected chi connectivity index (χ3v) is 2.88. The van der Waals surface area contributed by atoms with Crippen LogP contribution in [0.25, 0.3) is 10.9 Å². The molecule has 1 heterocycles. The first-order valence-electron chi connectivity index (χ1n) is 4.36. The largest absolute Gasteiger partial charge is 0.394 e. The van der Waals surface area contributed by atoms with E-state index in [2.05, 4.69) is 20.9 Å². The number of aromatic amines is 1. The van der Waals surface area contributed by atoms with E-state index in [0.29, 0.717) is 0 Å². The van der Waals surface area contributed by atoms with Crippen LogP contribution in [-0.2, 0) is 0 Å². The molecular formula is C10H11BrN2O. The lowest BCUT2D eigenvalue weighted by Crippen LogP contribution is -2.14. The molecule has 2 rings (SSSR count). The van der Waals surface area contributed by atoms with Crippen molar-refractivity contribution >= 4 is 26.8 Å². The van der Waals surface area contributed by atoms with Gasteiger partial charge in [-0.15, -0.1) is 0 Å². The van der Waals surface area contributed by atoms with Gasteiger partial charge in [-0.2, -0.15) is 0 Å². The van der Waals surface area contributed by atoms with E-state index in [0.717, 1.165) is 21.1 Å². The van der Waals surface area contributed by atoms with E-state index in [4.69, 9.17) is 10.8 Å². The molecule has 0 saturated carbocycles. The monoisotopic (exact) mass is 254 g/mol. The summed E-state index contributed by atoms with van der Waals surface area (Å²) in [6.45, 7) is -0.0511. The highest BCUT2D eigenvalue weighted by Gasteiger charge is 2.08. The lowest BCUT2D eigenvalue weighted by atomic mass is 10.2. The number of aliphatic hydroxyl groups excluding tert-OH is 1. The van der Waals surface area contributed by atoms with Crippen molar-refractivity contribution in [1.82, 2.24) is 4.98 Å². The first-order valence-corrected chi connectivity index (χ1v) is 5.15. The van der Waals surface area contributed by atoms with Crippen LogP contribution in [0.4, 0.5) is 0 Å². The number of para-hydroxylation sites is 1. The number of hydrogen-bond donors (Lipinski definition) is 3. The van der Waals surface area contributed by atoms with Gasteiger partial charge in [0.25, 0.3) is 0 Å². The molecule has 74 valence electrons. The van der Waals surface area contributed by atoms with Crippen LogP contribution in [-0.4, -0.2) is 16.7 Å². The molecule has 1 atom stereocenters. The zero-order chi connectivity index (χ0) is 10.1. The zero-order valence-corrected chi connectivity index (χ0v) is 9.08. The van der Waals surface area contributed by atoms with Crippen LogP contribution in [0, 0.1) is 0 Å². The summed E-state index contributed by atoms with van der Waals surface area (Å²) < 4.78 is 1.01. The van der Waals surface area contributed by atoms with Crippen molar-refractivity contribution in [2.24, 2.45) is 5.73 Å². The van der Waals surface area contributed by atoms with E-state index < -0.39 is 0 Å². The average molecular weight is 255 g/mol. The van der Waals surface area contributed by atoms with Gasteiger partial charge in [-0.05, 0) is 28.1 Å². The third-order valence-electron chi connectivity index (χ3n) is 2.22. The van der Waals surface area contributed by atoms with Crippen LogP contribution in [0.1, 0.15) is 11.7 Å². The van der Waals surface area contributed by atoms with E-state index in [-0.39, 0.29) is 12.6 Å². The molecule has 0 fully saturated rings. The number of H-pyrrole nitrogens is 1. The molecule has 3 nitrogen and oxygen atoms in total. The normalized spacial score (nSPS) is 13.4. The molecule has 0 bridgehead atoms. The Balaban J connectivity index is 2.56. The van der Waals surface area contributed by atoms with Crippen molar-refractivity contribution in [1.29, 1.82) is 0 Å². The Bertz CT molecular complexity index is 452. The molecule has 1 aromatic carbocycles. The van der Waals surface area contributed by atoms with Gasteiger partial charge in [-0.3, -0.25) is 0 Å². The highest BCUT2D eigenvalue weighted by molar-refractivity contribution is 9.10. The van der Waals surface area contributed by atoms with Crippen molar-refractivity contribution in [3.8, 4) is 0 Å². The molecule has 0 radical (unpaired) electrons. The Morgan fingerprint density at radius 2 is 2.29 bits per heavy atom.